The van der Waals surface area contributed by atoms with Gasteiger partial charge in [-0.1, -0.05) is 13.8 Å². The van der Waals surface area contributed by atoms with E-state index in [9.17, 15) is 4.79 Å². The molecule has 2 N–H and O–H groups in total. The van der Waals surface area contributed by atoms with Gasteiger partial charge >= 0.3 is 0 Å². The molecular weight excluding hydrogens is 242 g/mol. The zero-order valence-electron chi connectivity index (χ0n) is 11.7. The van der Waals surface area contributed by atoms with Crippen molar-refractivity contribution in [1.82, 2.24) is 25.4 Å². The first-order valence-corrected chi connectivity index (χ1v) is 7.04. The molecule has 1 saturated heterocycles. The minimum atomic E-state index is 0.124. The first-order chi connectivity index (χ1) is 9.18. The van der Waals surface area contributed by atoms with Crippen molar-refractivity contribution in [3.8, 4) is 0 Å². The van der Waals surface area contributed by atoms with Crippen molar-refractivity contribution in [2.45, 2.75) is 39.2 Å². The Hall–Kier alpha value is -1.43. The van der Waals surface area contributed by atoms with Crippen LogP contribution in [-0.4, -0.2) is 40.3 Å². The number of hydrogen-bond donors (Lipinski definition) is 2. The van der Waals surface area contributed by atoms with E-state index in [4.69, 9.17) is 0 Å². The SMILES string of the molecule is CC(C)c1nncn1CCNC(=O)C1CCCNC1. The third-order valence-corrected chi connectivity index (χ3v) is 3.48. The minimum absolute atomic E-state index is 0.124. The number of nitrogens with one attached hydrogen (secondary N) is 2. The third kappa shape index (κ3) is 3.76. The highest BCUT2D eigenvalue weighted by Gasteiger charge is 2.20. The number of amides is 1. The molecular formula is C13H23N5O. The molecule has 1 atom stereocenters. The number of aromatic nitrogens is 3. The second-order valence-corrected chi connectivity index (χ2v) is 5.37. The minimum Gasteiger partial charge on any atom is -0.354 e. The van der Waals surface area contributed by atoms with Gasteiger partial charge in [-0.3, -0.25) is 4.79 Å². The summed E-state index contributed by atoms with van der Waals surface area (Å²) in [5, 5.41) is 14.3. The van der Waals surface area contributed by atoms with Crippen LogP contribution in [0, 0.1) is 5.92 Å². The van der Waals surface area contributed by atoms with Crippen LogP contribution in [-0.2, 0) is 11.3 Å². The summed E-state index contributed by atoms with van der Waals surface area (Å²) < 4.78 is 2.00. The zero-order chi connectivity index (χ0) is 13.7. The average molecular weight is 265 g/mol. The quantitative estimate of drug-likeness (QED) is 0.814. The van der Waals surface area contributed by atoms with Crippen LogP contribution in [0.4, 0.5) is 0 Å². The van der Waals surface area contributed by atoms with E-state index < -0.39 is 0 Å². The van der Waals surface area contributed by atoms with Gasteiger partial charge in [0.1, 0.15) is 12.2 Å². The summed E-state index contributed by atoms with van der Waals surface area (Å²) in [6.07, 6.45) is 3.80. The van der Waals surface area contributed by atoms with Crippen molar-refractivity contribution in [2.24, 2.45) is 5.92 Å². The lowest BCUT2D eigenvalue weighted by atomic mass is 9.99. The summed E-state index contributed by atoms with van der Waals surface area (Å²) >= 11 is 0. The van der Waals surface area contributed by atoms with E-state index in [1.807, 2.05) is 4.57 Å². The molecule has 0 aliphatic carbocycles. The predicted molar refractivity (Wildman–Crippen MR) is 72.7 cm³/mol. The average Bonchev–Trinajstić information content (AvgIpc) is 2.88. The Kier molecular flexibility index (Phi) is 4.90. The van der Waals surface area contributed by atoms with Gasteiger partial charge in [0, 0.05) is 25.6 Å². The van der Waals surface area contributed by atoms with Crippen LogP contribution in [0.1, 0.15) is 38.4 Å². The van der Waals surface area contributed by atoms with Gasteiger partial charge in [-0.2, -0.15) is 0 Å². The first-order valence-electron chi connectivity index (χ1n) is 7.04. The van der Waals surface area contributed by atoms with E-state index >= 15 is 0 Å². The molecule has 1 aliphatic heterocycles. The molecule has 1 amide bonds. The van der Waals surface area contributed by atoms with E-state index in [2.05, 4.69) is 34.7 Å². The van der Waals surface area contributed by atoms with Crippen LogP contribution in [0.2, 0.25) is 0 Å². The molecule has 19 heavy (non-hydrogen) atoms. The summed E-state index contributed by atoms with van der Waals surface area (Å²) in [4.78, 5) is 12.0. The molecule has 2 heterocycles. The first kappa shape index (κ1) is 14.0. The summed E-state index contributed by atoms with van der Waals surface area (Å²) in [7, 11) is 0. The van der Waals surface area contributed by atoms with Crippen molar-refractivity contribution in [3.63, 3.8) is 0 Å². The van der Waals surface area contributed by atoms with Crippen LogP contribution in [0.5, 0.6) is 0 Å². The lowest BCUT2D eigenvalue weighted by Crippen LogP contribution is -2.41. The fourth-order valence-electron chi connectivity index (χ4n) is 2.40. The highest BCUT2D eigenvalue weighted by Crippen LogP contribution is 2.11. The molecule has 106 valence electrons. The number of piperidine rings is 1. The molecule has 6 heteroatoms. The number of nitrogens with zero attached hydrogens (tertiary/aromatic N) is 3. The topological polar surface area (TPSA) is 71.8 Å². The maximum absolute atomic E-state index is 12.0. The lowest BCUT2D eigenvalue weighted by molar-refractivity contribution is -0.125. The second-order valence-electron chi connectivity index (χ2n) is 5.37. The van der Waals surface area contributed by atoms with Gasteiger partial charge in [0.2, 0.25) is 5.91 Å². The normalized spacial score (nSPS) is 19.6. The van der Waals surface area contributed by atoms with Crippen molar-refractivity contribution in [1.29, 1.82) is 0 Å². The Labute approximate surface area is 114 Å². The number of hydrogen-bond acceptors (Lipinski definition) is 4. The Morgan fingerprint density at radius 3 is 3.16 bits per heavy atom. The number of carbonyl (C=O) groups is 1. The van der Waals surface area contributed by atoms with Gasteiger partial charge in [0.15, 0.2) is 0 Å². The van der Waals surface area contributed by atoms with Crippen LogP contribution < -0.4 is 10.6 Å². The molecule has 1 unspecified atom stereocenters. The summed E-state index contributed by atoms with van der Waals surface area (Å²) in [6, 6.07) is 0. The highest BCUT2D eigenvalue weighted by molar-refractivity contribution is 5.78. The van der Waals surface area contributed by atoms with E-state index in [-0.39, 0.29) is 11.8 Å². The van der Waals surface area contributed by atoms with Crippen LogP contribution in [0.15, 0.2) is 6.33 Å². The standard InChI is InChI=1S/C13H23N5O/c1-10(2)12-17-16-9-18(12)7-6-15-13(19)11-4-3-5-14-8-11/h9-11,14H,3-8H2,1-2H3,(H,15,19). The van der Waals surface area contributed by atoms with Crippen molar-refractivity contribution >= 4 is 5.91 Å². The van der Waals surface area contributed by atoms with Gasteiger partial charge in [0.25, 0.3) is 0 Å². The fraction of sp³-hybridized carbons (Fsp3) is 0.769. The van der Waals surface area contributed by atoms with Gasteiger partial charge < -0.3 is 15.2 Å². The molecule has 1 aromatic rings. The van der Waals surface area contributed by atoms with E-state index in [1.54, 1.807) is 6.33 Å². The van der Waals surface area contributed by atoms with Crippen LogP contribution in [0.25, 0.3) is 0 Å². The Bertz CT molecular complexity index is 409. The molecule has 2 rings (SSSR count). The van der Waals surface area contributed by atoms with Gasteiger partial charge in [-0.15, -0.1) is 10.2 Å². The molecule has 0 saturated carbocycles. The maximum Gasteiger partial charge on any atom is 0.224 e. The summed E-state index contributed by atoms with van der Waals surface area (Å²) in [5.41, 5.74) is 0. The Balaban J connectivity index is 1.76. The summed E-state index contributed by atoms with van der Waals surface area (Å²) in [5.74, 6) is 1.60. The van der Waals surface area contributed by atoms with Crippen molar-refractivity contribution in [3.05, 3.63) is 12.2 Å². The lowest BCUT2D eigenvalue weighted by Gasteiger charge is -2.22. The molecule has 0 radical (unpaired) electrons. The summed E-state index contributed by atoms with van der Waals surface area (Å²) in [6.45, 7) is 7.37. The fourth-order valence-corrected chi connectivity index (χ4v) is 2.40. The molecule has 1 aromatic heterocycles. The molecule has 6 nitrogen and oxygen atoms in total. The monoisotopic (exact) mass is 265 g/mol. The van der Waals surface area contributed by atoms with E-state index in [0.717, 1.165) is 38.3 Å². The molecule has 1 aliphatic rings. The van der Waals surface area contributed by atoms with Crippen molar-refractivity contribution in [2.75, 3.05) is 19.6 Å². The molecule has 1 fully saturated rings. The predicted octanol–water partition coefficient (Wildman–Crippen LogP) is 0.517. The van der Waals surface area contributed by atoms with Crippen molar-refractivity contribution < 1.29 is 4.79 Å². The highest BCUT2D eigenvalue weighted by atomic mass is 16.1. The third-order valence-electron chi connectivity index (χ3n) is 3.48. The van der Waals surface area contributed by atoms with E-state index in [1.165, 1.54) is 0 Å². The number of carbonyl (C=O) groups excluding carboxylic acids is 1. The van der Waals surface area contributed by atoms with Gasteiger partial charge in [-0.25, -0.2) is 0 Å². The molecule has 0 bridgehead atoms. The second kappa shape index (κ2) is 6.65. The van der Waals surface area contributed by atoms with Crippen LogP contribution >= 0.6 is 0 Å². The Morgan fingerprint density at radius 2 is 2.47 bits per heavy atom. The zero-order valence-corrected chi connectivity index (χ0v) is 11.7. The molecule has 0 aromatic carbocycles. The maximum atomic E-state index is 12.0. The van der Waals surface area contributed by atoms with Crippen LogP contribution in [0.3, 0.4) is 0 Å². The number of rotatable bonds is 5. The molecule has 0 spiro atoms. The smallest absolute Gasteiger partial charge is 0.224 e. The Morgan fingerprint density at radius 1 is 1.63 bits per heavy atom. The van der Waals surface area contributed by atoms with Gasteiger partial charge in [-0.05, 0) is 19.4 Å². The largest absolute Gasteiger partial charge is 0.354 e. The van der Waals surface area contributed by atoms with Gasteiger partial charge in [0.05, 0.1) is 5.92 Å². The van der Waals surface area contributed by atoms with E-state index in [0.29, 0.717) is 12.5 Å².